The second-order valence-electron chi connectivity index (χ2n) is 5.26. The lowest BCUT2D eigenvalue weighted by molar-refractivity contribution is -0.161. The SMILES string of the molecule is CN(C)C(=O)[C@@H](OC(=O)COc1cccc(Br)c1)c1ccccc1. The Labute approximate surface area is 149 Å². The molecule has 0 aliphatic rings. The molecule has 0 fully saturated rings. The molecule has 0 radical (unpaired) electrons. The number of carbonyl (C=O) groups excluding carboxylic acids is 2. The predicted octanol–water partition coefficient (Wildman–Crippen LogP) is 3.20. The molecule has 0 aliphatic heterocycles. The fraction of sp³-hybridized carbons (Fsp3) is 0.222. The lowest BCUT2D eigenvalue weighted by Crippen LogP contribution is -2.32. The molecule has 0 aromatic heterocycles. The van der Waals surface area contributed by atoms with Gasteiger partial charge in [-0.1, -0.05) is 52.3 Å². The van der Waals surface area contributed by atoms with Crippen molar-refractivity contribution in [1.82, 2.24) is 4.90 Å². The van der Waals surface area contributed by atoms with Crippen molar-refractivity contribution >= 4 is 27.8 Å². The van der Waals surface area contributed by atoms with E-state index in [4.69, 9.17) is 9.47 Å². The Bertz CT molecular complexity index is 703. The third-order valence-electron chi connectivity index (χ3n) is 3.17. The number of hydrogen-bond acceptors (Lipinski definition) is 4. The van der Waals surface area contributed by atoms with E-state index in [1.54, 1.807) is 56.6 Å². The zero-order chi connectivity index (χ0) is 17.5. The summed E-state index contributed by atoms with van der Waals surface area (Å²) in [6, 6.07) is 16.0. The van der Waals surface area contributed by atoms with Gasteiger partial charge in [0.2, 0.25) is 6.10 Å². The van der Waals surface area contributed by atoms with Gasteiger partial charge in [0, 0.05) is 24.1 Å². The molecule has 0 bridgehead atoms. The van der Waals surface area contributed by atoms with Crippen LogP contribution >= 0.6 is 15.9 Å². The van der Waals surface area contributed by atoms with Gasteiger partial charge in [0.1, 0.15) is 5.75 Å². The van der Waals surface area contributed by atoms with Crippen LogP contribution in [0.25, 0.3) is 0 Å². The number of likely N-dealkylation sites (N-methyl/N-ethyl adjacent to an activating group) is 1. The number of ether oxygens (including phenoxy) is 2. The van der Waals surface area contributed by atoms with Gasteiger partial charge >= 0.3 is 5.97 Å². The van der Waals surface area contributed by atoms with Crippen LogP contribution in [-0.4, -0.2) is 37.5 Å². The summed E-state index contributed by atoms with van der Waals surface area (Å²) in [6.45, 7) is -0.277. The summed E-state index contributed by atoms with van der Waals surface area (Å²) in [5, 5.41) is 0. The molecule has 0 saturated carbocycles. The molecule has 1 atom stereocenters. The highest BCUT2D eigenvalue weighted by molar-refractivity contribution is 9.10. The predicted molar refractivity (Wildman–Crippen MR) is 93.6 cm³/mol. The monoisotopic (exact) mass is 391 g/mol. The Morgan fingerprint density at radius 2 is 1.79 bits per heavy atom. The van der Waals surface area contributed by atoms with E-state index in [0.717, 1.165) is 4.47 Å². The first-order valence-electron chi connectivity index (χ1n) is 7.31. The fourth-order valence-corrected chi connectivity index (χ4v) is 2.37. The van der Waals surface area contributed by atoms with Crippen molar-refractivity contribution in [3.05, 3.63) is 64.6 Å². The van der Waals surface area contributed by atoms with Crippen LogP contribution in [0.2, 0.25) is 0 Å². The number of halogens is 1. The first kappa shape index (κ1) is 18.0. The minimum Gasteiger partial charge on any atom is -0.482 e. The Kier molecular flexibility index (Phi) is 6.37. The maximum Gasteiger partial charge on any atom is 0.345 e. The standard InChI is InChI=1S/C18H18BrNO4/c1-20(2)18(22)17(13-7-4-3-5-8-13)24-16(21)12-23-15-10-6-9-14(19)11-15/h3-11,17H,12H2,1-2H3/t17-/m0/s1. The van der Waals surface area contributed by atoms with Gasteiger partial charge in [0.25, 0.3) is 5.91 Å². The van der Waals surface area contributed by atoms with Crippen molar-refractivity contribution in [2.75, 3.05) is 20.7 Å². The second-order valence-corrected chi connectivity index (χ2v) is 6.17. The molecular weight excluding hydrogens is 374 g/mol. The number of benzene rings is 2. The van der Waals surface area contributed by atoms with Gasteiger partial charge in [-0.2, -0.15) is 0 Å². The molecule has 0 spiro atoms. The van der Waals surface area contributed by atoms with E-state index >= 15 is 0 Å². The third kappa shape index (κ3) is 5.09. The highest BCUT2D eigenvalue weighted by Gasteiger charge is 2.26. The average Bonchev–Trinajstić information content (AvgIpc) is 2.58. The van der Waals surface area contributed by atoms with Crippen LogP contribution in [0.5, 0.6) is 5.75 Å². The molecule has 2 rings (SSSR count). The third-order valence-corrected chi connectivity index (χ3v) is 3.66. The Balaban J connectivity index is 2.03. The summed E-state index contributed by atoms with van der Waals surface area (Å²) in [7, 11) is 3.23. The van der Waals surface area contributed by atoms with Gasteiger partial charge in [-0.25, -0.2) is 4.79 Å². The van der Waals surface area contributed by atoms with Gasteiger partial charge in [-0.3, -0.25) is 4.79 Å². The summed E-state index contributed by atoms with van der Waals surface area (Å²) < 4.78 is 11.6. The number of esters is 1. The van der Waals surface area contributed by atoms with E-state index in [1.807, 2.05) is 12.1 Å². The molecule has 0 saturated heterocycles. The van der Waals surface area contributed by atoms with Gasteiger partial charge in [0.15, 0.2) is 6.61 Å². The fourth-order valence-electron chi connectivity index (χ4n) is 1.99. The average molecular weight is 392 g/mol. The normalized spacial score (nSPS) is 11.5. The maximum absolute atomic E-state index is 12.3. The summed E-state index contributed by atoms with van der Waals surface area (Å²) >= 11 is 3.33. The molecule has 0 unspecified atom stereocenters. The molecule has 24 heavy (non-hydrogen) atoms. The van der Waals surface area contributed by atoms with E-state index in [2.05, 4.69) is 15.9 Å². The van der Waals surface area contributed by atoms with E-state index < -0.39 is 12.1 Å². The minimum atomic E-state index is -0.986. The van der Waals surface area contributed by atoms with E-state index in [-0.39, 0.29) is 12.5 Å². The van der Waals surface area contributed by atoms with E-state index in [1.165, 1.54) is 4.90 Å². The number of amides is 1. The Morgan fingerprint density at radius 3 is 2.42 bits per heavy atom. The Hall–Kier alpha value is -2.34. The van der Waals surface area contributed by atoms with Crippen molar-refractivity contribution in [3.8, 4) is 5.75 Å². The lowest BCUT2D eigenvalue weighted by atomic mass is 10.1. The smallest absolute Gasteiger partial charge is 0.345 e. The molecule has 1 amide bonds. The van der Waals surface area contributed by atoms with Crippen LogP contribution in [0, 0.1) is 0 Å². The topological polar surface area (TPSA) is 55.8 Å². The molecule has 2 aromatic rings. The van der Waals surface area contributed by atoms with Crippen molar-refractivity contribution in [2.45, 2.75) is 6.10 Å². The molecule has 126 valence electrons. The molecule has 2 aromatic carbocycles. The molecule has 0 N–H and O–H groups in total. The van der Waals surface area contributed by atoms with Crippen LogP contribution in [-0.2, 0) is 14.3 Å². The quantitative estimate of drug-likeness (QED) is 0.709. The van der Waals surface area contributed by atoms with Gasteiger partial charge < -0.3 is 14.4 Å². The van der Waals surface area contributed by atoms with Gasteiger partial charge in [-0.15, -0.1) is 0 Å². The van der Waals surface area contributed by atoms with Crippen molar-refractivity contribution in [3.63, 3.8) is 0 Å². The van der Waals surface area contributed by atoms with Crippen molar-refractivity contribution in [1.29, 1.82) is 0 Å². The molecule has 6 heteroatoms. The summed E-state index contributed by atoms with van der Waals surface area (Å²) in [4.78, 5) is 25.8. The van der Waals surface area contributed by atoms with Crippen LogP contribution in [0.15, 0.2) is 59.1 Å². The molecular formula is C18H18BrNO4. The summed E-state index contributed by atoms with van der Waals surface area (Å²) in [6.07, 6.45) is -0.986. The number of carbonyl (C=O) groups is 2. The first-order chi connectivity index (χ1) is 11.5. The minimum absolute atomic E-state index is 0.277. The van der Waals surface area contributed by atoms with E-state index in [0.29, 0.717) is 11.3 Å². The second kappa shape index (κ2) is 8.49. The summed E-state index contributed by atoms with van der Waals surface area (Å²) in [5.41, 5.74) is 0.618. The summed E-state index contributed by atoms with van der Waals surface area (Å²) in [5.74, 6) is -0.382. The van der Waals surface area contributed by atoms with Gasteiger partial charge in [0.05, 0.1) is 0 Å². The van der Waals surface area contributed by atoms with Crippen molar-refractivity contribution in [2.24, 2.45) is 0 Å². The number of hydrogen-bond donors (Lipinski definition) is 0. The molecule has 0 aliphatic carbocycles. The van der Waals surface area contributed by atoms with Crippen LogP contribution in [0.4, 0.5) is 0 Å². The number of nitrogens with zero attached hydrogens (tertiary/aromatic N) is 1. The highest BCUT2D eigenvalue weighted by Crippen LogP contribution is 2.21. The van der Waals surface area contributed by atoms with Crippen LogP contribution < -0.4 is 4.74 Å². The van der Waals surface area contributed by atoms with Crippen LogP contribution in [0.3, 0.4) is 0 Å². The Morgan fingerprint density at radius 1 is 1.08 bits per heavy atom. The lowest BCUT2D eigenvalue weighted by Gasteiger charge is -2.21. The maximum atomic E-state index is 12.3. The number of rotatable bonds is 6. The van der Waals surface area contributed by atoms with Gasteiger partial charge in [-0.05, 0) is 18.2 Å². The van der Waals surface area contributed by atoms with E-state index in [9.17, 15) is 9.59 Å². The van der Waals surface area contributed by atoms with Crippen molar-refractivity contribution < 1.29 is 19.1 Å². The first-order valence-corrected chi connectivity index (χ1v) is 8.10. The zero-order valence-electron chi connectivity index (χ0n) is 13.4. The largest absolute Gasteiger partial charge is 0.482 e. The molecule has 0 heterocycles. The van der Waals surface area contributed by atoms with Crippen LogP contribution in [0.1, 0.15) is 11.7 Å². The molecule has 5 nitrogen and oxygen atoms in total. The highest BCUT2D eigenvalue weighted by atomic mass is 79.9. The zero-order valence-corrected chi connectivity index (χ0v) is 15.0.